The number of thioether (sulfide) groups is 1. The molecule has 2 atom stereocenters. The number of aliphatic hydroxyl groups excluding tert-OH is 1. The number of piperazine rings is 1. The number of phenolic OH excluding ortho intramolecular Hbond substituents is 1. The molecule has 0 amide bonds. The number of ketones is 1. The highest BCUT2D eigenvalue weighted by Crippen LogP contribution is 2.45. The van der Waals surface area contributed by atoms with E-state index in [1.165, 1.54) is 45.0 Å². The summed E-state index contributed by atoms with van der Waals surface area (Å²) in [6.45, 7) is 12.2. The van der Waals surface area contributed by atoms with Crippen molar-refractivity contribution < 1.29 is 49.0 Å². The molecule has 63 heavy (non-hydrogen) atoms. The predicted octanol–water partition coefficient (Wildman–Crippen LogP) is 8.20. The van der Waals surface area contributed by atoms with Gasteiger partial charge in [0, 0.05) is 83.5 Å². The molecule has 12 nitrogen and oxygen atoms in total. The Morgan fingerprint density at radius 2 is 1.57 bits per heavy atom. The number of fused-ring (bicyclic) bond motifs is 4. The molecule has 4 aliphatic rings. The molecule has 0 aromatic heterocycles. The van der Waals surface area contributed by atoms with Gasteiger partial charge in [-0.3, -0.25) is 9.69 Å². The van der Waals surface area contributed by atoms with Gasteiger partial charge in [0.05, 0.1) is 24.3 Å². The third kappa shape index (κ3) is 11.7. The van der Waals surface area contributed by atoms with Crippen molar-refractivity contribution >= 4 is 47.3 Å². The van der Waals surface area contributed by atoms with Gasteiger partial charge < -0.3 is 39.5 Å². The zero-order valence-electron chi connectivity index (χ0n) is 36.7. The van der Waals surface area contributed by atoms with E-state index in [0.717, 1.165) is 25.1 Å². The molecule has 4 aromatic carbocycles. The van der Waals surface area contributed by atoms with E-state index in [1.807, 2.05) is 61.7 Å². The third-order valence-corrected chi connectivity index (χ3v) is 13.3. The molecule has 4 N–H and O–H groups in total. The van der Waals surface area contributed by atoms with Gasteiger partial charge in [-0.2, -0.15) is 0 Å². The van der Waals surface area contributed by atoms with Gasteiger partial charge in [-0.1, -0.05) is 36.0 Å². The van der Waals surface area contributed by atoms with Crippen LogP contribution < -0.4 is 14.2 Å². The van der Waals surface area contributed by atoms with E-state index in [1.54, 1.807) is 27.0 Å². The summed E-state index contributed by atoms with van der Waals surface area (Å²) in [6, 6.07) is 23.2. The van der Waals surface area contributed by atoms with Crippen molar-refractivity contribution in [2.75, 3.05) is 46.6 Å². The first kappa shape index (κ1) is 47.2. The lowest BCUT2D eigenvalue weighted by atomic mass is 9.89. The van der Waals surface area contributed by atoms with Gasteiger partial charge in [0.1, 0.15) is 34.2 Å². The highest BCUT2D eigenvalue weighted by Gasteiger charge is 2.37. The molecule has 4 aliphatic heterocycles. The zero-order chi connectivity index (χ0) is 45.6. The molecule has 334 valence electrons. The van der Waals surface area contributed by atoms with Crippen LogP contribution in [0.15, 0.2) is 99.6 Å². The number of benzene rings is 4. The second-order valence-corrected chi connectivity index (χ2v) is 18.9. The van der Waals surface area contributed by atoms with Gasteiger partial charge in [0.15, 0.2) is 5.78 Å². The van der Waals surface area contributed by atoms with Crippen LogP contribution in [0.5, 0.6) is 23.0 Å². The molecule has 0 aliphatic carbocycles. The van der Waals surface area contributed by atoms with Gasteiger partial charge in [-0.15, -0.1) is 11.8 Å². The van der Waals surface area contributed by atoms with E-state index < -0.39 is 29.2 Å². The number of hydrogen-bond donors (Lipinski definition) is 4. The normalized spacial score (nSPS) is 19.4. The maximum absolute atomic E-state index is 13.1. The first-order valence-corrected chi connectivity index (χ1v) is 22.8. The number of rotatable bonds is 8. The highest BCUT2D eigenvalue weighted by atomic mass is 32.2. The summed E-state index contributed by atoms with van der Waals surface area (Å²) >= 11 is 3.79. The van der Waals surface area contributed by atoms with Crippen LogP contribution in [0.4, 0.5) is 0 Å². The summed E-state index contributed by atoms with van der Waals surface area (Å²) < 4.78 is 17.4. The topological polar surface area (TPSA) is 166 Å². The van der Waals surface area contributed by atoms with E-state index in [4.69, 9.17) is 24.4 Å². The van der Waals surface area contributed by atoms with E-state index in [0.29, 0.717) is 53.0 Å². The smallest absolute Gasteiger partial charge is 0.328 e. The van der Waals surface area contributed by atoms with Crippen LogP contribution in [0.2, 0.25) is 0 Å². The van der Waals surface area contributed by atoms with Crippen LogP contribution in [0.3, 0.4) is 0 Å². The Bertz CT molecular complexity index is 2390. The summed E-state index contributed by atoms with van der Waals surface area (Å²) in [5.74, 6) is -1.14. The van der Waals surface area contributed by atoms with Crippen LogP contribution >= 0.6 is 23.5 Å². The molecular formula is C49H56N2O10S2. The molecule has 1 saturated heterocycles. The molecule has 14 heteroatoms. The number of ether oxygens (including phenoxy) is 3. The fraction of sp³-hybridized carbons (Fsp3) is 0.367. The van der Waals surface area contributed by atoms with Crippen LogP contribution in [0.1, 0.15) is 71.9 Å². The third-order valence-electron chi connectivity index (χ3n) is 11.4. The van der Waals surface area contributed by atoms with E-state index >= 15 is 0 Å². The quantitative estimate of drug-likeness (QED) is 0.0760. The van der Waals surface area contributed by atoms with Gasteiger partial charge >= 0.3 is 11.9 Å². The number of carbonyl (C=O) groups is 3. The molecule has 0 spiro atoms. The summed E-state index contributed by atoms with van der Waals surface area (Å²) in [5, 5.41) is 36.5. The monoisotopic (exact) mass is 896 g/mol. The van der Waals surface area contributed by atoms with Crippen molar-refractivity contribution in [3.8, 4) is 23.0 Å². The average molecular weight is 897 g/mol. The van der Waals surface area contributed by atoms with E-state index in [-0.39, 0.29) is 23.5 Å². The maximum atomic E-state index is 13.1. The SMILES string of the molecule is COc1c(CC(=O)c2cc3c(cc2O)OC(C)(C)C(O)C3)ccc2c1C=CC(C)(C)O2.CSc1ccc2c(c1)C(N1CCN(C)CC1)Cc1ccccc1S2.O=C(O)C=CC(=O)O. The molecule has 4 aromatic rings. The van der Waals surface area contributed by atoms with Crippen molar-refractivity contribution in [2.24, 2.45) is 0 Å². The number of phenols is 1. The molecule has 4 heterocycles. The van der Waals surface area contributed by atoms with Gasteiger partial charge in [-0.25, -0.2) is 9.59 Å². The summed E-state index contributed by atoms with van der Waals surface area (Å²) in [6.07, 6.45) is 8.00. The van der Waals surface area contributed by atoms with Crippen LogP contribution in [-0.4, -0.2) is 112 Å². The standard InChI is InChI=1S/C25H28O6.C20H24N2S2.C4H4O4/c1-24(2)9-8-16-20(30-24)7-6-14(23(16)29-5)11-18(26)17-10-15-12-22(28)25(3,4)31-21(15)13-19(17)27;1-21-9-11-22(12-10-21)18-13-15-5-3-4-6-19(15)24-20-8-7-16(23-2)14-17(18)20;5-3(6)1-2-4(7)8/h6-10,13,22,27-28H,11-12H2,1-5H3;3-8,14,18H,9-13H2,1-2H3;1-2H,(H,5,6)(H,7,8). The Labute approximate surface area is 377 Å². The number of likely N-dealkylation sites (N-methyl/N-ethyl adjacent to an activating group) is 1. The number of carboxylic acids is 2. The van der Waals surface area contributed by atoms with E-state index in [2.05, 4.69) is 65.6 Å². The Morgan fingerprint density at radius 3 is 2.24 bits per heavy atom. The number of methoxy groups -OCH3 is 1. The lowest BCUT2D eigenvalue weighted by Gasteiger charge is -2.38. The van der Waals surface area contributed by atoms with E-state index in [9.17, 15) is 24.6 Å². The number of carbonyl (C=O) groups excluding carboxylic acids is 1. The van der Waals surface area contributed by atoms with Crippen molar-refractivity contribution in [1.29, 1.82) is 0 Å². The lowest BCUT2D eigenvalue weighted by Crippen LogP contribution is -2.46. The maximum Gasteiger partial charge on any atom is 0.328 e. The number of hydrogen-bond acceptors (Lipinski definition) is 12. The first-order valence-electron chi connectivity index (χ1n) is 20.7. The molecular weight excluding hydrogens is 841 g/mol. The second kappa shape index (κ2) is 20.1. The summed E-state index contributed by atoms with van der Waals surface area (Å²) in [5.41, 5.74) is 4.23. The minimum atomic E-state index is -1.26. The van der Waals surface area contributed by atoms with Crippen molar-refractivity contribution in [3.63, 3.8) is 0 Å². The van der Waals surface area contributed by atoms with Crippen molar-refractivity contribution in [3.05, 3.63) is 118 Å². The molecule has 0 radical (unpaired) electrons. The minimum Gasteiger partial charge on any atom is -0.507 e. The fourth-order valence-electron chi connectivity index (χ4n) is 7.84. The van der Waals surface area contributed by atoms with Crippen molar-refractivity contribution in [1.82, 2.24) is 9.80 Å². The second-order valence-electron chi connectivity index (χ2n) is 16.9. The Balaban J connectivity index is 0.000000183. The van der Waals surface area contributed by atoms with Crippen LogP contribution in [0.25, 0.3) is 6.08 Å². The van der Waals surface area contributed by atoms with Gasteiger partial charge in [0.25, 0.3) is 0 Å². The highest BCUT2D eigenvalue weighted by molar-refractivity contribution is 7.99. The number of aromatic hydroxyl groups is 1. The predicted molar refractivity (Wildman–Crippen MR) is 246 cm³/mol. The lowest BCUT2D eigenvalue weighted by molar-refractivity contribution is -0.134. The van der Waals surface area contributed by atoms with Crippen molar-refractivity contribution in [2.45, 2.75) is 85.0 Å². The molecule has 8 rings (SSSR count). The average Bonchev–Trinajstić information content (AvgIpc) is 3.40. The summed E-state index contributed by atoms with van der Waals surface area (Å²) in [7, 11) is 3.80. The fourth-order valence-corrected chi connectivity index (χ4v) is 9.40. The molecule has 0 saturated carbocycles. The molecule has 2 unspecified atom stereocenters. The molecule has 0 bridgehead atoms. The zero-order valence-corrected chi connectivity index (χ0v) is 38.3. The number of nitrogens with zero attached hydrogens (tertiary/aromatic N) is 2. The van der Waals surface area contributed by atoms with Crippen LogP contribution in [-0.2, 0) is 28.9 Å². The number of carboxylic acid groups (broad SMARTS) is 2. The number of aliphatic carboxylic acids is 2. The number of aliphatic hydroxyl groups is 1. The number of Topliss-reactive ketones (excluding diaryl/α,β-unsaturated/α-hetero) is 1. The minimum absolute atomic E-state index is 0.0505. The van der Waals surface area contributed by atoms with Crippen LogP contribution in [0, 0.1) is 0 Å². The van der Waals surface area contributed by atoms with Gasteiger partial charge in [0.2, 0.25) is 0 Å². The summed E-state index contributed by atoms with van der Waals surface area (Å²) in [4.78, 5) is 41.6. The Morgan fingerprint density at radius 1 is 0.873 bits per heavy atom. The Kier molecular flexibility index (Phi) is 15.0. The first-order chi connectivity index (χ1) is 29.9. The Hall–Kier alpha value is -5.25. The largest absolute Gasteiger partial charge is 0.507 e. The molecule has 1 fully saturated rings. The van der Waals surface area contributed by atoms with Gasteiger partial charge in [-0.05, 0) is 113 Å².